The summed E-state index contributed by atoms with van der Waals surface area (Å²) in [5.74, 6) is 0.0936. The number of benzene rings is 1. The van der Waals surface area contributed by atoms with Gasteiger partial charge in [-0.1, -0.05) is 23.7 Å². The Bertz CT molecular complexity index is 375. The second-order valence-electron chi connectivity index (χ2n) is 4.40. The van der Waals surface area contributed by atoms with Crippen LogP contribution in [-0.2, 0) is 6.42 Å². The molecule has 0 bridgehead atoms. The molecule has 0 atom stereocenters. The Morgan fingerprint density at radius 2 is 2.00 bits per heavy atom. The van der Waals surface area contributed by atoms with Crippen molar-refractivity contribution in [1.29, 1.82) is 0 Å². The number of aromatic hydroxyl groups is 1. The Balaban J connectivity index is 2.16. The van der Waals surface area contributed by atoms with Crippen LogP contribution in [0.5, 0.6) is 5.75 Å². The van der Waals surface area contributed by atoms with E-state index in [-0.39, 0.29) is 5.75 Å². The lowest BCUT2D eigenvalue weighted by atomic mass is 9.86. The molecule has 1 heterocycles. The maximum Gasteiger partial charge on any atom is 0.137 e. The molecule has 0 radical (unpaired) electrons. The van der Waals surface area contributed by atoms with E-state index in [0.717, 1.165) is 18.7 Å². The lowest BCUT2D eigenvalue weighted by Gasteiger charge is -2.32. The van der Waals surface area contributed by atoms with E-state index in [2.05, 4.69) is 5.32 Å². The number of hydrogen-bond donors (Lipinski definition) is 3. The molecule has 1 aliphatic heterocycles. The maximum absolute atomic E-state index is 10.3. The predicted molar refractivity (Wildman–Crippen MR) is 63.9 cm³/mol. The van der Waals surface area contributed by atoms with Crippen LogP contribution in [-0.4, -0.2) is 28.9 Å². The number of halogens is 1. The van der Waals surface area contributed by atoms with Crippen LogP contribution in [0.2, 0.25) is 5.02 Å². The average molecular weight is 242 g/mol. The molecule has 4 heteroatoms. The highest BCUT2D eigenvalue weighted by Crippen LogP contribution is 2.32. The van der Waals surface area contributed by atoms with Crippen molar-refractivity contribution in [2.45, 2.75) is 24.9 Å². The Labute approximate surface area is 100 Å². The number of aliphatic hydroxyl groups is 1. The molecular weight excluding hydrogens is 226 g/mol. The predicted octanol–water partition coefficient (Wildman–Crippen LogP) is 1.70. The zero-order chi connectivity index (χ0) is 11.6. The average Bonchev–Trinajstić information content (AvgIpc) is 2.26. The molecule has 1 aliphatic rings. The van der Waals surface area contributed by atoms with Crippen molar-refractivity contribution in [3.05, 3.63) is 28.8 Å². The van der Waals surface area contributed by atoms with Gasteiger partial charge in [-0.2, -0.15) is 0 Å². The smallest absolute Gasteiger partial charge is 0.137 e. The molecule has 1 saturated heterocycles. The van der Waals surface area contributed by atoms with Gasteiger partial charge in [0.15, 0.2) is 0 Å². The van der Waals surface area contributed by atoms with Crippen molar-refractivity contribution in [3.8, 4) is 5.75 Å². The lowest BCUT2D eigenvalue weighted by Crippen LogP contribution is -2.43. The number of phenolic OH excluding ortho intramolecular Hbond substituents is 1. The number of rotatable bonds is 2. The van der Waals surface area contributed by atoms with Gasteiger partial charge in [-0.05, 0) is 37.6 Å². The number of piperidine rings is 1. The van der Waals surface area contributed by atoms with Gasteiger partial charge in [0.25, 0.3) is 0 Å². The van der Waals surface area contributed by atoms with Crippen molar-refractivity contribution in [2.24, 2.45) is 0 Å². The zero-order valence-electron chi connectivity index (χ0n) is 9.04. The molecule has 0 aromatic heterocycles. The number of nitrogens with one attached hydrogen (secondary N) is 1. The van der Waals surface area contributed by atoms with E-state index >= 15 is 0 Å². The molecule has 0 amide bonds. The summed E-state index contributed by atoms with van der Waals surface area (Å²) < 4.78 is 0. The molecule has 0 unspecified atom stereocenters. The van der Waals surface area contributed by atoms with Gasteiger partial charge in [0.2, 0.25) is 0 Å². The SMILES string of the molecule is Oc1c(Cl)cccc1CC1(O)CCNCC1. The van der Waals surface area contributed by atoms with Gasteiger partial charge in [-0.15, -0.1) is 0 Å². The molecule has 16 heavy (non-hydrogen) atoms. The summed E-state index contributed by atoms with van der Waals surface area (Å²) in [6.07, 6.45) is 1.87. The topological polar surface area (TPSA) is 52.5 Å². The van der Waals surface area contributed by atoms with Gasteiger partial charge in [0.1, 0.15) is 5.75 Å². The minimum absolute atomic E-state index is 0.0936. The summed E-state index contributed by atoms with van der Waals surface area (Å²) in [7, 11) is 0. The van der Waals surface area contributed by atoms with Gasteiger partial charge in [-0.25, -0.2) is 0 Å². The molecular formula is C12H16ClNO2. The largest absolute Gasteiger partial charge is 0.506 e. The van der Waals surface area contributed by atoms with E-state index in [1.54, 1.807) is 18.2 Å². The first-order valence-electron chi connectivity index (χ1n) is 5.50. The van der Waals surface area contributed by atoms with Crippen molar-refractivity contribution >= 4 is 11.6 Å². The third-order valence-corrected chi connectivity index (χ3v) is 3.43. The van der Waals surface area contributed by atoms with Crippen LogP contribution in [0.25, 0.3) is 0 Å². The fraction of sp³-hybridized carbons (Fsp3) is 0.500. The normalized spacial score (nSPS) is 19.6. The van der Waals surface area contributed by atoms with Gasteiger partial charge in [-0.3, -0.25) is 0 Å². The third kappa shape index (κ3) is 2.48. The minimum atomic E-state index is -0.715. The van der Waals surface area contributed by atoms with Crippen LogP contribution in [0, 0.1) is 0 Å². The highest BCUT2D eigenvalue weighted by atomic mass is 35.5. The molecule has 0 saturated carbocycles. The summed E-state index contributed by atoms with van der Waals surface area (Å²) in [6, 6.07) is 5.25. The third-order valence-electron chi connectivity index (χ3n) is 3.12. The lowest BCUT2D eigenvalue weighted by molar-refractivity contribution is 0.0104. The number of para-hydroxylation sites is 1. The van der Waals surface area contributed by atoms with Crippen LogP contribution >= 0.6 is 11.6 Å². The van der Waals surface area contributed by atoms with E-state index < -0.39 is 5.60 Å². The van der Waals surface area contributed by atoms with Crippen LogP contribution in [0.1, 0.15) is 18.4 Å². The van der Waals surface area contributed by atoms with Gasteiger partial charge < -0.3 is 15.5 Å². The monoisotopic (exact) mass is 241 g/mol. The van der Waals surface area contributed by atoms with Gasteiger partial charge in [0, 0.05) is 6.42 Å². The maximum atomic E-state index is 10.3. The van der Waals surface area contributed by atoms with Crippen LogP contribution in [0.3, 0.4) is 0 Å². The van der Waals surface area contributed by atoms with Crippen LogP contribution in [0.15, 0.2) is 18.2 Å². The van der Waals surface area contributed by atoms with Crippen LogP contribution in [0.4, 0.5) is 0 Å². The second kappa shape index (κ2) is 4.62. The van der Waals surface area contributed by atoms with E-state index in [0.29, 0.717) is 24.3 Å². The Morgan fingerprint density at radius 3 is 2.69 bits per heavy atom. The van der Waals surface area contributed by atoms with Crippen molar-refractivity contribution in [3.63, 3.8) is 0 Å². The Kier molecular flexibility index (Phi) is 3.38. The fourth-order valence-corrected chi connectivity index (χ4v) is 2.32. The molecule has 2 rings (SSSR count). The fourth-order valence-electron chi connectivity index (χ4n) is 2.13. The Morgan fingerprint density at radius 1 is 1.31 bits per heavy atom. The molecule has 3 N–H and O–H groups in total. The van der Waals surface area contributed by atoms with Gasteiger partial charge >= 0.3 is 0 Å². The van der Waals surface area contributed by atoms with Crippen LogP contribution < -0.4 is 5.32 Å². The first-order valence-corrected chi connectivity index (χ1v) is 5.88. The number of phenols is 1. The zero-order valence-corrected chi connectivity index (χ0v) is 9.80. The molecule has 1 aromatic carbocycles. The summed E-state index contributed by atoms with van der Waals surface area (Å²) in [4.78, 5) is 0. The molecule has 1 fully saturated rings. The molecule has 1 aromatic rings. The molecule has 0 spiro atoms. The van der Waals surface area contributed by atoms with Crippen molar-refractivity contribution in [1.82, 2.24) is 5.32 Å². The summed E-state index contributed by atoms with van der Waals surface area (Å²) in [5.41, 5.74) is 0.00448. The summed E-state index contributed by atoms with van der Waals surface area (Å²) in [5, 5.41) is 23.7. The van der Waals surface area contributed by atoms with E-state index in [1.165, 1.54) is 0 Å². The molecule has 3 nitrogen and oxygen atoms in total. The summed E-state index contributed by atoms with van der Waals surface area (Å²) >= 11 is 5.83. The molecule has 0 aliphatic carbocycles. The first kappa shape index (κ1) is 11.7. The first-order chi connectivity index (χ1) is 7.61. The minimum Gasteiger partial charge on any atom is -0.506 e. The Hall–Kier alpha value is -0.770. The van der Waals surface area contributed by atoms with E-state index in [9.17, 15) is 10.2 Å². The molecule has 88 valence electrons. The standard InChI is InChI=1S/C12H16ClNO2/c13-10-3-1-2-9(11(10)15)8-12(16)4-6-14-7-5-12/h1-3,14-16H,4-8H2. The van der Waals surface area contributed by atoms with Crippen molar-refractivity contribution < 1.29 is 10.2 Å². The second-order valence-corrected chi connectivity index (χ2v) is 4.81. The number of hydrogen-bond acceptors (Lipinski definition) is 3. The highest BCUT2D eigenvalue weighted by molar-refractivity contribution is 6.32. The van der Waals surface area contributed by atoms with E-state index in [4.69, 9.17) is 11.6 Å². The van der Waals surface area contributed by atoms with Gasteiger partial charge in [0.05, 0.1) is 10.6 Å². The quantitative estimate of drug-likeness (QED) is 0.739. The van der Waals surface area contributed by atoms with Crippen molar-refractivity contribution in [2.75, 3.05) is 13.1 Å². The summed E-state index contributed by atoms with van der Waals surface area (Å²) in [6.45, 7) is 1.63. The highest BCUT2D eigenvalue weighted by Gasteiger charge is 2.30. The van der Waals surface area contributed by atoms with E-state index in [1.807, 2.05) is 0 Å².